The second kappa shape index (κ2) is 8.86. The molecule has 0 aliphatic carbocycles. The molecule has 3 N–H and O–H groups in total. The first-order chi connectivity index (χ1) is 13.9. The number of aryl methyl sites for hydroxylation is 1. The number of nitrogens with zero attached hydrogens (tertiary/aromatic N) is 1. The van der Waals surface area contributed by atoms with Crippen LogP contribution in [0.15, 0.2) is 48.5 Å². The number of quaternary nitrogens is 1. The number of hydrogen-bond acceptors (Lipinski definition) is 4. The Labute approximate surface area is 171 Å². The highest BCUT2D eigenvalue weighted by Crippen LogP contribution is 2.30. The van der Waals surface area contributed by atoms with Gasteiger partial charge in [-0.2, -0.15) is 0 Å². The summed E-state index contributed by atoms with van der Waals surface area (Å²) in [5.41, 5.74) is 5.48. The second-order valence-electron chi connectivity index (χ2n) is 7.78. The lowest BCUT2D eigenvalue weighted by molar-refractivity contribution is -0.856. The lowest BCUT2D eigenvalue weighted by Gasteiger charge is -2.38. The van der Waals surface area contributed by atoms with Gasteiger partial charge >= 0.3 is 11.8 Å². The fourth-order valence-corrected chi connectivity index (χ4v) is 4.43. The molecule has 6 heteroatoms. The Hall–Kier alpha value is -2.54. The molecule has 1 aliphatic rings. The van der Waals surface area contributed by atoms with Crippen molar-refractivity contribution in [2.75, 3.05) is 13.1 Å². The maximum Gasteiger partial charge on any atom is 0.346 e. The molecule has 2 atom stereocenters. The summed E-state index contributed by atoms with van der Waals surface area (Å²) in [5.74, 6) is -0.937. The molecule has 0 unspecified atom stereocenters. The van der Waals surface area contributed by atoms with Crippen LogP contribution >= 0.6 is 0 Å². The zero-order valence-electron chi connectivity index (χ0n) is 17.0. The van der Waals surface area contributed by atoms with Gasteiger partial charge in [0.05, 0.1) is 18.7 Å². The molecule has 29 heavy (non-hydrogen) atoms. The summed E-state index contributed by atoms with van der Waals surface area (Å²) in [7, 11) is 0. The summed E-state index contributed by atoms with van der Waals surface area (Å²) in [6, 6.07) is 14.7. The van der Waals surface area contributed by atoms with Gasteiger partial charge in [-0.3, -0.25) is 10.0 Å². The van der Waals surface area contributed by atoms with Crippen LogP contribution in [0, 0.1) is 0 Å². The van der Waals surface area contributed by atoms with Crippen molar-refractivity contribution in [2.45, 2.75) is 45.3 Å². The highest BCUT2D eigenvalue weighted by molar-refractivity contribution is 5.92. The number of carbonyl (C=O) groups excluding carboxylic acids is 2. The average molecular weight is 397 g/mol. The van der Waals surface area contributed by atoms with Gasteiger partial charge < -0.3 is 5.11 Å². The first-order valence-corrected chi connectivity index (χ1v) is 10.2. The number of hydroxylamine groups is 1. The Bertz CT molecular complexity index is 853. The van der Waals surface area contributed by atoms with E-state index in [9.17, 15) is 14.7 Å². The van der Waals surface area contributed by atoms with E-state index in [-0.39, 0.29) is 10.4 Å². The molecule has 154 valence electrons. The van der Waals surface area contributed by atoms with Crippen LogP contribution in [0.5, 0.6) is 0 Å². The van der Waals surface area contributed by atoms with Gasteiger partial charge in [-0.1, -0.05) is 43.3 Å². The molecule has 1 aliphatic heterocycles. The minimum atomic E-state index is -1.07. The highest BCUT2D eigenvalue weighted by atomic mass is 16.5. The average Bonchev–Trinajstić information content (AvgIpc) is 3.23. The van der Waals surface area contributed by atoms with Crippen LogP contribution in [-0.4, -0.2) is 51.8 Å². The molecule has 0 bridgehead atoms. The van der Waals surface area contributed by atoms with Gasteiger partial charge in [0.2, 0.25) is 6.04 Å². The third-order valence-electron chi connectivity index (χ3n) is 5.96. The zero-order valence-corrected chi connectivity index (χ0v) is 17.0. The van der Waals surface area contributed by atoms with Crippen LogP contribution < -0.4 is 5.48 Å². The first-order valence-electron chi connectivity index (χ1n) is 10.2. The lowest BCUT2D eigenvalue weighted by atomic mass is 10.00. The van der Waals surface area contributed by atoms with E-state index in [2.05, 4.69) is 31.2 Å². The molecular weight excluding hydrogens is 368 g/mol. The maximum absolute atomic E-state index is 13.5. The Morgan fingerprint density at radius 3 is 1.97 bits per heavy atom. The number of aliphatic hydroxyl groups excluding tert-OH is 1. The van der Waals surface area contributed by atoms with Gasteiger partial charge in [-0.25, -0.2) is 14.8 Å². The third-order valence-corrected chi connectivity index (χ3v) is 5.96. The fourth-order valence-electron chi connectivity index (χ4n) is 4.43. The van der Waals surface area contributed by atoms with E-state index < -0.39 is 18.1 Å². The molecule has 0 aromatic heterocycles. The molecule has 0 saturated carbocycles. The van der Waals surface area contributed by atoms with E-state index in [1.807, 2.05) is 12.1 Å². The number of aliphatic hydroxyl groups is 1. The lowest BCUT2D eigenvalue weighted by Crippen LogP contribution is -2.66. The van der Waals surface area contributed by atoms with Crippen LogP contribution in [-0.2, 0) is 11.2 Å². The minimum Gasteiger partial charge on any atom is -0.387 e. The second-order valence-corrected chi connectivity index (χ2v) is 7.78. The number of amides is 2. The topological polar surface area (TPSA) is 86.6 Å². The van der Waals surface area contributed by atoms with E-state index in [1.165, 1.54) is 12.5 Å². The van der Waals surface area contributed by atoms with Gasteiger partial charge in [-0.15, -0.1) is 0 Å². The molecule has 1 saturated heterocycles. The summed E-state index contributed by atoms with van der Waals surface area (Å²) >= 11 is 0. The number of carbonyl (C=O) groups is 2. The standard InChI is InChI=1S/C23H28N2O4/c1-3-17-6-8-18(9-7-17)19-10-12-20(13-11-19)23(28)25(14-4-5-15-25)21(16(2)26)22(27)24-29/h6-13,16,21,26H,3-5,14-15H2,1-2H3,(H-,24,27,29)/p+1/t16-,21+/m1/s1. The molecule has 1 fully saturated rings. The normalized spacial score (nSPS) is 17.5. The van der Waals surface area contributed by atoms with E-state index in [1.54, 1.807) is 17.6 Å². The van der Waals surface area contributed by atoms with Gasteiger partial charge in [0.15, 0.2) is 0 Å². The Balaban J connectivity index is 1.91. The number of likely N-dealkylation sites (tertiary alicyclic amines) is 1. The van der Waals surface area contributed by atoms with E-state index in [0.717, 1.165) is 30.4 Å². The van der Waals surface area contributed by atoms with Crippen molar-refractivity contribution in [3.63, 3.8) is 0 Å². The Morgan fingerprint density at radius 1 is 1.00 bits per heavy atom. The third kappa shape index (κ3) is 4.10. The molecule has 2 aromatic carbocycles. The molecule has 1 heterocycles. The van der Waals surface area contributed by atoms with Crippen molar-refractivity contribution in [3.8, 4) is 11.1 Å². The van der Waals surface area contributed by atoms with Crippen molar-refractivity contribution >= 4 is 11.8 Å². The molecular formula is C23H29N2O4+. The summed E-state index contributed by atoms with van der Waals surface area (Å²) in [6.45, 7) is 4.52. The largest absolute Gasteiger partial charge is 0.387 e. The molecule has 3 rings (SSSR count). The number of benzene rings is 2. The van der Waals surface area contributed by atoms with E-state index >= 15 is 0 Å². The summed E-state index contributed by atoms with van der Waals surface area (Å²) in [5, 5.41) is 19.4. The summed E-state index contributed by atoms with van der Waals surface area (Å²) in [6.07, 6.45) is 1.49. The van der Waals surface area contributed by atoms with Crippen LogP contribution in [0.4, 0.5) is 0 Å². The van der Waals surface area contributed by atoms with Crippen molar-refractivity contribution in [3.05, 3.63) is 59.7 Å². The van der Waals surface area contributed by atoms with Crippen molar-refractivity contribution in [2.24, 2.45) is 0 Å². The predicted octanol–water partition coefficient (Wildman–Crippen LogP) is 2.92. The highest BCUT2D eigenvalue weighted by Gasteiger charge is 2.52. The van der Waals surface area contributed by atoms with Crippen molar-refractivity contribution in [1.82, 2.24) is 5.48 Å². The van der Waals surface area contributed by atoms with Gasteiger partial charge in [0, 0.05) is 12.8 Å². The molecule has 2 aromatic rings. The summed E-state index contributed by atoms with van der Waals surface area (Å²) in [4.78, 5) is 25.7. The number of hydrogen-bond donors (Lipinski definition) is 3. The quantitative estimate of drug-likeness (QED) is 0.397. The fraction of sp³-hybridized carbons (Fsp3) is 0.391. The Morgan fingerprint density at radius 2 is 1.52 bits per heavy atom. The van der Waals surface area contributed by atoms with Crippen LogP contribution in [0.1, 0.15) is 42.6 Å². The molecule has 6 nitrogen and oxygen atoms in total. The predicted molar refractivity (Wildman–Crippen MR) is 110 cm³/mol. The van der Waals surface area contributed by atoms with E-state index in [0.29, 0.717) is 18.7 Å². The van der Waals surface area contributed by atoms with Crippen LogP contribution in [0.2, 0.25) is 0 Å². The molecule has 0 spiro atoms. The molecule has 0 radical (unpaired) electrons. The smallest absolute Gasteiger partial charge is 0.346 e. The molecule has 2 amide bonds. The van der Waals surface area contributed by atoms with E-state index in [4.69, 9.17) is 5.21 Å². The number of nitrogens with one attached hydrogen (secondary N) is 1. The maximum atomic E-state index is 13.5. The minimum absolute atomic E-state index is 0.172. The summed E-state index contributed by atoms with van der Waals surface area (Å²) < 4.78 is -0.172. The van der Waals surface area contributed by atoms with Crippen LogP contribution in [0.3, 0.4) is 0 Å². The Kier molecular flexibility index (Phi) is 6.47. The number of rotatable bonds is 6. The first kappa shape index (κ1) is 21.2. The van der Waals surface area contributed by atoms with Crippen molar-refractivity contribution in [1.29, 1.82) is 0 Å². The SMILES string of the molecule is CCc1ccc(-c2ccc(C(=O)[N+]3([C@H](C(=O)NO)[C@@H](C)O)CCCC3)cc2)cc1. The van der Waals surface area contributed by atoms with Gasteiger partial charge in [0.1, 0.15) is 6.10 Å². The van der Waals surface area contributed by atoms with Crippen molar-refractivity contribution < 1.29 is 24.4 Å². The van der Waals surface area contributed by atoms with Crippen LogP contribution in [0.25, 0.3) is 11.1 Å². The monoisotopic (exact) mass is 397 g/mol. The van der Waals surface area contributed by atoms with Gasteiger partial charge in [-0.05, 0) is 42.2 Å². The zero-order chi connectivity index (χ0) is 21.0. The van der Waals surface area contributed by atoms with Gasteiger partial charge in [0.25, 0.3) is 0 Å².